The number of anilines is 1. The second-order valence-corrected chi connectivity index (χ2v) is 5.43. The molecule has 1 saturated heterocycles. The van der Waals surface area contributed by atoms with Gasteiger partial charge in [-0.3, -0.25) is 4.98 Å². The number of hydrogen-bond donors (Lipinski definition) is 1. The van der Waals surface area contributed by atoms with Crippen molar-refractivity contribution in [2.75, 3.05) is 24.6 Å². The van der Waals surface area contributed by atoms with Crippen molar-refractivity contribution >= 4 is 5.82 Å². The molecule has 5 heteroatoms. The van der Waals surface area contributed by atoms with Crippen LogP contribution in [-0.2, 0) is 0 Å². The second kappa shape index (κ2) is 4.39. The molecular weight excluding hydrogens is 228 g/mol. The predicted molar refractivity (Wildman–Crippen MR) is 69.7 cm³/mol. The van der Waals surface area contributed by atoms with E-state index in [1.165, 1.54) is 12.8 Å². The van der Waals surface area contributed by atoms with Crippen LogP contribution in [0.1, 0.15) is 26.2 Å². The van der Waals surface area contributed by atoms with Gasteiger partial charge in [0.2, 0.25) is 5.88 Å². The van der Waals surface area contributed by atoms with E-state index in [-0.39, 0.29) is 5.54 Å². The highest BCUT2D eigenvalue weighted by Gasteiger charge is 2.50. The van der Waals surface area contributed by atoms with E-state index in [2.05, 4.69) is 21.8 Å². The molecule has 1 aromatic rings. The Kier molecular flexibility index (Phi) is 2.86. The maximum Gasteiger partial charge on any atom is 0.234 e. The highest BCUT2D eigenvalue weighted by Crippen LogP contribution is 2.43. The van der Waals surface area contributed by atoms with Crippen molar-refractivity contribution in [2.45, 2.75) is 31.7 Å². The van der Waals surface area contributed by atoms with Gasteiger partial charge in [-0.15, -0.1) is 0 Å². The monoisotopic (exact) mass is 248 g/mol. The van der Waals surface area contributed by atoms with Crippen LogP contribution in [0.3, 0.4) is 0 Å². The fraction of sp³-hybridized carbons (Fsp3) is 0.692. The van der Waals surface area contributed by atoms with Crippen molar-refractivity contribution in [1.82, 2.24) is 9.97 Å². The largest absolute Gasteiger partial charge is 0.477 e. The van der Waals surface area contributed by atoms with Crippen LogP contribution in [-0.4, -0.2) is 35.2 Å². The zero-order valence-corrected chi connectivity index (χ0v) is 10.8. The standard InChI is InChI=1S/C13H20N4O/c1-2-5-18-12-7-15-6-11(16-12)17-8-13(14,9-17)10-3-4-10/h6-7,10H,2-5,8-9,14H2,1H3. The van der Waals surface area contributed by atoms with Gasteiger partial charge in [0, 0.05) is 13.1 Å². The molecule has 0 radical (unpaired) electrons. The Hall–Kier alpha value is -1.36. The molecule has 0 bridgehead atoms. The Morgan fingerprint density at radius 2 is 2.22 bits per heavy atom. The summed E-state index contributed by atoms with van der Waals surface area (Å²) in [4.78, 5) is 10.8. The molecule has 2 aliphatic rings. The molecule has 2 heterocycles. The summed E-state index contributed by atoms with van der Waals surface area (Å²) in [6, 6.07) is 0. The lowest BCUT2D eigenvalue weighted by atomic mass is 9.86. The molecule has 0 amide bonds. The van der Waals surface area contributed by atoms with Gasteiger partial charge in [-0.05, 0) is 25.2 Å². The van der Waals surface area contributed by atoms with Crippen LogP contribution in [0.15, 0.2) is 12.4 Å². The highest BCUT2D eigenvalue weighted by atomic mass is 16.5. The van der Waals surface area contributed by atoms with Gasteiger partial charge < -0.3 is 15.4 Å². The van der Waals surface area contributed by atoms with Gasteiger partial charge in [-0.1, -0.05) is 6.92 Å². The molecule has 18 heavy (non-hydrogen) atoms. The minimum atomic E-state index is 0.0158. The average Bonchev–Trinajstić information content (AvgIpc) is 3.17. The minimum Gasteiger partial charge on any atom is -0.477 e. The Bertz CT molecular complexity index is 427. The van der Waals surface area contributed by atoms with Gasteiger partial charge in [0.25, 0.3) is 0 Å². The summed E-state index contributed by atoms with van der Waals surface area (Å²) in [5, 5.41) is 0. The van der Waals surface area contributed by atoms with Crippen molar-refractivity contribution in [3.05, 3.63) is 12.4 Å². The SMILES string of the molecule is CCCOc1cncc(N2CC(N)(C3CC3)C2)n1. The number of rotatable bonds is 5. The lowest BCUT2D eigenvalue weighted by Crippen LogP contribution is -2.69. The number of ether oxygens (including phenoxy) is 1. The molecule has 2 fully saturated rings. The fourth-order valence-corrected chi connectivity index (χ4v) is 2.51. The van der Waals surface area contributed by atoms with Crippen molar-refractivity contribution in [3.8, 4) is 5.88 Å². The molecule has 1 aromatic heterocycles. The molecule has 1 aliphatic carbocycles. The van der Waals surface area contributed by atoms with E-state index in [1.54, 1.807) is 12.4 Å². The topological polar surface area (TPSA) is 64.3 Å². The Morgan fingerprint density at radius 1 is 1.44 bits per heavy atom. The molecule has 98 valence electrons. The van der Waals surface area contributed by atoms with E-state index in [9.17, 15) is 0 Å². The zero-order chi connectivity index (χ0) is 12.6. The van der Waals surface area contributed by atoms with Crippen LogP contribution in [0.4, 0.5) is 5.82 Å². The maximum absolute atomic E-state index is 6.33. The van der Waals surface area contributed by atoms with Crippen molar-refractivity contribution in [1.29, 1.82) is 0 Å². The lowest BCUT2D eigenvalue weighted by Gasteiger charge is -2.48. The highest BCUT2D eigenvalue weighted by molar-refractivity contribution is 5.44. The third kappa shape index (κ3) is 2.14. The predicted octanol–water partition coefficient (Wildman–Crippen LogP) is 1.19. The number of nitrogens with zero attached hydrogens (tertiary/aromatic N) is 3. The van der Waals surface area contributed by atoms with Crippen LogP contribution in [0.25, 0.3) is 0 Å². The average molecular weight is 248 g/mol. The van der Waals surface area contributed by atoms with Gasteiger partial charge >= 0.3 is 0 Å². The quantitative estimate of drug-likeness (QED) is 0.848. The Morgan fingerprint density at radius 3 is 2.89 bits per heavy atom. The summed E-state index contributed by atoms with van der Waals surface area (Å²) < 4.78 is 5.49. The minimum absolute atomic E-state index is 0.0158. The summed E-state index contributed by atoms with van der Waals surface area (Å²) in [6.45, 7) is 4.54. The first-order valence-corrected chi connectivity index (χ1v) is 6.70. The molecule has 1 aliphatic heterocycles. The molecule has 0 unspecified atom stereocenters. The third-order valence-corrected chi connectivity index (χ3v) is 3.74. The lowest BCUT2D eigenvalue weighted by molar-refractivity contribution is 0.283. The van der Waals surface area contributed by atoms with E-state index >= 15 is 0 Å². The summed E-state index contributed by atoms with van der Waals surface area (Å²) in [6.07, 6.45) is 7.00. The smallest absolute Gasteiger partial charge is 0.234 e. The van der Waals surface area contributed by atoms with Crippen molar-refractivity contribution < 1.29 is 4.74 Å². The second-order valence-electron chi connectivity index (χ2n) is 5.43. The zero-order valence-electron chi connectivity index (χ0n) is 10.8. The van der Waals surface area contributed by atoms with E-state index in [4.69, 9.17) is 10.5 Å². The molecule has 0 atom stereocenters. The van der Waals surface area contributed by atoms with E-state index in [0.717, 1.165) is 31.2 Å². The number of aromatic nitrogens is 2. The van der Waals surface area contributed by atoms with E-state index in [1.807, 2.05) is 0 Å². The first-order valence-electron chi connectivity index (χ1n) is 6.70. The van der Waals surface area contributed by atoms with E-state index < -0.39 is 0 Å². The Labute approximate surface area is 107 Å². The van der Waals surface area contributed by atoms with Crippen LogP contribution in [0.2, 0.25) is 0 Å². The van der Waals surface area contributed by atoms with Crippen LogP contribution in [0.5, 0.6) is 5.88 Å². The summed E-state index contributed by atoms with van der Waals surface area (Å²) in [5.41, 5.74) is 6.35. The molecule has 0 aromatic carbocycles. The van der Waals surface area contributed by atoms with Crippen molar-refractivity contribution in [3.63, 3.8) is 0 Å². The van der Waals surface area contributed by atoms with Gasteiger partial charge in [0.1, 0.15) is 0 Å². The van der Waals surface area contributed by atoms with Crippen molar-refractivity contribution in [2.24, 2.45) is 11.7 Å². The van der Waals surface area contributed by atoms with Gasteiger partial charge in [0.05, 0.1) is 24.5 Å². The molecule has 3 rings (SSSR count). The van der Waals surface area contributed by atoms with Crippen LogP contribution >= 0.6 is 0 Å². The van der Waals surface area contributed by atoms with Gasteiger partial charge in [-0.2, -0.15) is 4.98 Å². The molecule has 0 spiro atoms. The summed E-state index contributed by atoms with van der Waals surface area (Å²) in [5.74, 6) is 2.21. The Balaban J connectivity index is 1.63. The molecule has 1 saturated carbocycles. The summed E-state index contributed by atoms with van der Waals surface area (Å²) >= 11 is 0. The molecular formula is C13H20N4O. The summed E-state index contributed by atoms with van der Waals surface area (Å²) in [7, 11) is 0. The molecule has 5 nitrogen and oxygen atoms in total. The number of hydrogen-bond acceptors (Lipinski definition) is 5. The van der Waals surface area contributed by atoms with E-state index in [0.29, 0.717) is 12.5 Å². The molecule has 2 N–H and O–H groups in total. The van der Waals surface area contributed by atoms with Crippen LogP contribution < -0.4 is 15.4 Å². The first-order chi connectivity index (χ1) is 8.71. The van der Waals surface area contributed by atoms with Crippen LogP contribution in [0, 0.1) is 5.92 Å². The van der Waals surface area contributed by atoms with Gasteiger partial charge in [0.15, 0.2) is 5.82 Å². The first kappa shape index (κ1) is 11.7. The third-order valence-electron chi connectivity index (χ3n) is 3.74. The normalized spacial score (nSPS) is 21.6. The maximum atomic E-state index is 6.33. The van der Waals surface area contributed by atoms with Gasteiger partial charge in [-0.25, -0.2) is 0 Å². The number of nitrogens with two attached hydrogens (primary N) is 1. The fourth-order valence-electron chi connectivity index (χ4n) is 2.51.